The highest BCUT2D eigenvalue weighted by Crippen LogP contribution is 2.28. The van der Waals surface area contributed by atoms with Gasteiger partial charge in [-0.2, -0.15) is 0 Å². The first kappa shape index (κ1) is 19.1. The van der Waals surface area contributed by atoms with E-state index in [9.17, 15) is 9.59 Å². The summed E-state index contributed by atoms with van der Waals surface area (Å²) in [6, 6.07) is 9.09. The van der Waals surface area contributed by atoms with Gasteiger partial charge in [-0.1, -0.05) is 18.9 Å². The zero-order valence-corrected chi connectivity index (χ0v) is 17.9. The maximum Gasteiger partial charge on any atom is 0.261 e. The van der Waals surface area contributed by atoms with E-state index in [0.717, 1.165) is 55.0 Å². The monoisotopic (exact) mass is 436 g/mol. The van der Waals surface area contributed by atoms with E-state index in [2.05, 4.69) is 10.3 Å². The van der Waals surface area contributed by atoms with Gasteiger partial charge in [0.15, 0.2) is 5.13 Å². The number of thiazole rings is 1. The molecule has 1 N–H and O–H groups in total. The summed E-state index contributed by atoms with van der Waals surface area (Å²) in [5.41, 5.74) is 1.90. The molecule has 152 valence electrons. The fraction of sp³-hybridized carbons (Fsp3) is 0.273. The molecule has 5 rings (SSSR count). The minimum Gasteiger partial charge on any atom is -0.298 e. The van der Waals surface area contributed by atoms with Crippen LogP contribution in [0.4, 0.5) is 5.13 Å². The molecule has 30 heavy (non-hydrogen) atoms. The number of thiophene rings is 1. The van der Waals surface area contributed by atoms with Crippen LogP contribution in [0.3, 0.4) is 0 Å². The van der Waals surface area contributed by atoms with Gasteiger partial charge in [-0.15, -0.1) is 22.7 Å². The maximum absolute atomic E-state index is 12.9. The van der Waals surface area contributed by atoms with Crippen LogP contribution in [-0.2, 0) is 13.0 Å². The molecule has 4 aromatic rings. The zero-order chi connectivity index (χ0) is 20.5. The van der Waals surface area contributed by atoms with Crippen molar-refractivity contribution in [3.8, 4) is 10.6 Å². The summed E-state index contributed by atoms with van der Waals surface area (Å²) in [7, 11) is 0. The summed E-state index contributed by atoms with van der Waals surface area (Å²) in [6.07, 6.45) is 5.15. The minimum absolute atomic E-state index is 0.00984. The summed E-state index contributed by atoms with van der Waals surface area (Å²) >= 11 is 3.01. The van der Waals surface area contributed by atoms with E-state index < -0.39 is 0 Å². The van der Waals surface area contributed by atoms with Crippen LogP contribution in [0.15, 0.2) is 45.9 Å². The largest absolute Gasteiger partial charge is 0.298 e. The molecule has 0 aliphatic carbocycles. The fourth-order valence-electron chi connectivity index (χ4n) is 3.77. The van der Waals surface area contributed by atoms with Crippen molar-refractivity contribution in [2.45, 2.75) is 38.6 Å². The number of rotatable bonds is 3. The third kappa shape index (κ3) is 3.68. The predicted molar refractivity (Wildman–Crippen MR) is 122 cm³/mol. The maximum atomic E-state index is 12.9. The molecule has 0 fully saturated rings. The molecule has 3 aromatic heterocycles. The second kappa shape index (κ2) is 8.12. The van der Waals surface area contributed by atoms with Gasteiger partial charge in [-0.25, -0.2) is 9.97 Å². The molecule has 6 nitrogen and oxygen atoms in total. The van der Waals surface area contributed by atoms with E-state index in [4.69, 9.17) is 4.98 Å². The number of nitrogens with one attached hydrogen (secondary N) is 1. The van der Waals surface area contributed by atoms with Gasteiger partial charge in [0.1, 0.15) is 5.82 Å². The van der Waals surface area contributed by atoms with Gasteiger partial charge in [-0.3, -0.25) is 19.5 Å². The molecule has 0 saturated carbocycles. The molecule has 0 unspecified atom stereocenters. The molecule has 0 spiro atoms. The van der Waals surface area contributed by atoms with Crippen molar-refractivity contribution in [1.29, 1.82) is 0 Å². The van der Waals surface area contributed by atoms with Gasteiger partial charge in [0.2, 0.25) is 0 Å². The average molecular weight is 437 g/mol. The van der Waals surface area contributed by atoms with E-state index in [0.29, 0.717) is 21.6 Å². The van der Waals surface area contributed by atoms with Crippen molar-refractivity contribution in [3.05, 3.63) is 62.8 Å². The number of fused-ring (bicyclic) bond motifs is 2. The number of nitrogens with zero attached hydrogens (tertiary/aromatic N) is 3. The highest BCUT2D eigenvalue weighted by molar-refractivity contribution is 7.16. The van der Waals surface area contributed by atoms with Crippen molar-refractivity contribution in [3.63, 3.8) is 0 Å². The van der Waals surface area contributed by atoms with Crippen LogP contribution in [-0.4, -0.2) is 20.4 Å². The second-order valence-corrected chi connectivity index (χ2v) is 9.16. The van der Waals surface area contributed by atoms with Crippen molar-refractivity contribution in [1.82, 2.24) is 14.5 Å². The van der Waals surface area contributed by atoms with Crippen LogP contribution in [0, 0.1) is 0 Å². The van der Waals surface area contributed by atoms with Crippen molar-refractivity contribution in [2.24, 2.45) is 0 Å². The molecule has 0 atom stereocenters. The Kier molecular flexibility index (Phi) is 5.18. The summed E-state index contributed by atoms with van der Waals surface area (Å²) in [5.74, 6) is 0.572. The first-order valence-electron chi connectivity index (χ1n) is 10.0. The Bertz CT molecular complexity index is 1270. The molecule has 1 aromatic carbocycles. The lowest BCUT2D eigenvalue weighted by molar-refractivity contribution is 0.102. The van der Waals surface area contributed by atoms with Crippen LogP contribution >= 0.6 is 22.7 Å². The number of hydrogen-bond donors (Lipinski definition) is 1. The first-order valence-corrected chi connectivity index (χ1v) is 11.8. The summed E-state index contributed by atoms with van der Waals surface area (Å²) in [6.45, 7) is 0.718. The number of benzene rings is 1. The van der Waals surface area contributed by atoms with Crippen LogP contribution in [0.25, 0.3) is 21.5 Å². The Balaban J connectivity index is 1.43. The topological polar surface area (TPSA) is 76.9 Å². The average Bonchev–Trinajstić information content (AvgIpc) is 3.41. The Hall–Kier alpha value is -2.84. The smallest absolute Gasteiger partial charge is 0.261 e. The number of aromatic nitrogens is 3. The van der Waals surface area contributed by atoms with Gasteiger partial charge < -0.3 is 0 Å². The lowest BCUT2D eigenvalue weighted by Crippen LogP contribution is -2.26. The molecular weight excluding hydrogens is 416 g/mol. The summed E-state index contributed by atoms with van der Waals surface area (Å²) in [4.78, 5) is 36.0. The van der Waals surface area contributed by atoms with E-state index in [1.807, 2.05) is 27.5 Å². The van der Waals surface area contributed by atoms with E-state index in [1.54, 1.807) is 29.5 Å². The predicted octanol–water partition coefficient (Wildman–Crippen LogP) is 4.95. The van der Waals surface area contributed by atoms with Crippen LogP contribution in [0.2, 0.25) is 0 Å². The third-order valence-electron chi connectivity index (χ3n) is 5.33. The van der Waals surface area contributed by atoms with Crippen molar-refractivity contribution in [2.75, 3.05) is 5.32 Å². The Labute approximate surface area is 181 Å². The highest BCUT2D eigenvalue weighted by atomic mass is 32.1. The van der Waals surface area contributed by atoms with Crippen LogP contribution in [0.5, 0.6) is 0 Å². The summed E-state index contributed by atoms with van der Waals surface area (Å²) in [5, 5.41) is 7.91. The number of hydrogen-bond acceptors (Lipinski definition) is 6. The second-order valence-electron chi connectivity index (χ2n) is 7.35. The molecule has 0 saturated heterocycles. The normalized spacial score (nSPS) is 14.1. The SMILES string of the molecule is O=C(Nc1nc(-c2cccs2)cs1)c1ccc2c(=O)n3c(nc2c1)CCCCCC3. The molecular formula is C22H20N4O2S2. The van der Waals surface area contributed by atoms with Crippen molar-refractivity contribution < 1.29 is 4.79 Å². The fourth-order valence-corrected chi connectivity index (χ4v) is 5.24. The van der Waals surface area contributed by atoms with Crippen LogP contribution < -0.4 is 10.9 Å². The Morgan fingerprint density at radius 2 is 1.97 bits per heavy atom. The molecule has 0 radical (unpaired) electrons. The molecule has 1 aliphatic heterocycles. The summed E-state index contributed by atoms with van der Waals surface area (Å²) < 4.78 is 1.81. The van der Waals surface area contributed by atoms with Crippen molar-refractivity contribution >= 4 is 44.6 Å². The van der Waals surface area contributed by atoms with E-state index >= 15 is 0 Å². The number of anilines is 1. The first-order chi connectivity index (χ1) is 14.7. The third-order valence-corrected chi connectivity index (χ3v) is 6.98. The van der Waals surface area contributed by atoms with Gasteiger partial charge >= 0.3 is 0 Å². The Morgan fingerprint density at radius 1 is 1.07 bits per heavy atom. The van der Waals surface area contributed by atoms with Gasteiger partial charge in [-0.05, 0) is 42.5 Å². The number of carbonyl (C=O) groups is 1. The quantitative estimate of drug-likeness (QED) is 0.493. The Morgan fingerprint density at radius 3 is 2.83 bits per heavy atom. The lowest BCUT2D eigenvalue weighted by Gasteiger charge is -2.16. The number of aryl methyl sites for hydroxylation is 1. The minimum atomic E-state index is -0.252. The van der Waals surface area contributed by atoms with E-state index in [1.165, 1.54) is 11.3 Å². The standard InChI is InChI=1S/C22H20N4O2S2/c27-20(25-22-24-17(13-30-22)18-6-5-11-29-18)14-8-9-15-16(12-14)23-19-7-3-1-2-4-10-26(19)21(15)28/h5-6,8-9,11-13H,1-4,7,10H2,(H,24,25,27). The molecule has 0 bridgehead atoms. The van der Waals surface area contributed by atoms with E-state index in [-0.39, 0.29) is 11.5 Å². The highest BCUT2D eigenvalue weighted by Gasteiger charge is 2.16. The lowest BCUT2D eigenvalue weighted by atomic mass is 10.1. The van der Waals surface area contributed by atoms with Gasteiger partial charge in [0.25, 0.3) is 11.5 Å². The van der Waals surface area contributed by atoms with Gasteiger partial charge in [0, 0.05) is 23.9 Å². The molecule has 1 aliphatic rings. The molecule has 1 amide bonds. The number of carbonyl (C=O) groups excluding carboxylic acids is 1. The molecule has 4 heterocycles. The van der Waals surface area contributed by atoms with Gasteiger partial charge in [0.05, 0.1) is 21.5 Å². The molecule has 8 heteroatoms. The van der Waals surface area contributed by atoms with Crippen LogP contribution in [0.1, 0.15) is 41.9 Å². The number of amides is 1. The zero-order valence-electron chi connectivity index (χ0n) is 16.3.